The van der Waals surface area contributed by atoms with Crippen LogP contribution in [0.15, 0.2) is 53.4 Å². The van der Waals surface area contributed by atoms with Crippen LogP contribution in [0.4, 0.5) is 0 Å². The summed E-state index contributed by atoms with van der Waals surface area (Å²) in [6.07, 6.45) is 3.12. The minimum absolute atomic E-state index is 0.184. The number of sulfonamides is 1. The van der Waals surface area contributed by atoms with Gasteiger partial charge in [0.15, 0.2) is 0 Å². The van der Waals surface area contributed by atoms with Crippen LogP contribution in [0, 0.1) is 0 Å². The van der Waals surface area contributed by atoms with E-state index < -0.39 is 10.0 Å². The van der Waals surface area contributed by atoms with Crippen LogP contribution in [0.5, 0.6) is 0 Å². The monoisotopic (exact) mass is 289 g/mol. The van der Waals surface area contributed by atoms with Gasteiger partial charge in [-0.2, -0.15) is 0 Å². The van der Waals surface area contributed by atoms with Crippen LogP contribution in [-0.4, -0.2) is 8.42 Å². The molecular formula is C16H19NO2S. The number of rotatable bonds is 5. The molecule has 0 aromatic heterocycles. The first-order valence-corrected chi connectivity index (χ1v) is 8.28. The average Bonchev–Trinajstić information content (AvgIpc) is 2.44. The first kappa shape index (κ1) is 14.8. The van der Waals surface area contributed by atoms with Crippen molar-refractivity contribution in [1.29, 1.82) is 0 Å². The van der Waals surface area contributed by atoms with E-state index in [1.54, 1.807) is 12.1 Å². The van der Waals surface area contributed by atoms with E-state index in [1.165, 1.54) is 0 Å². The summed E-state index contributed by atoms with van der Waals surface area (Å²) in [4.78, 5) is 0.184. The summed E-state index contributed by atoms with van der Waals surface area (Å²) >= 11 is 0. The van der Waals surface area contributed by atoms with E-state index in [1.807, 2.05) is 36.4 Å². The van der Waals surface area contributed by atoms with Crippen LogP contribution in [0.3, 0.4) is 0 Å². The summed E-state index contributed by atoms with van der Waals surface area (Å²) in [6.45, 7) is 2.14. The Morgan fingerprint density at radius 3 is 2.20 bits per heavy atom. The molecule has 106 valence electrons. The van der Waals surface area contributed by atoms with Crippen molar-refractivity contribution in [2.24, 2.45) is 5.14 Å². The molecule has 0 radical (unpaired) electrons. The molecule has 0 aliphatic rings. The van der Waals surface area contributed by atoms with Crippen molar-refractivity contribution in [3.05, 3.63) is 54.1 Å². The second-order valence-electron chi connectivity index (χ2n) is 4.80. The largest absolute Gasteiger partial charge is 0.238 e. The quantitative estimate of drug-likeness (QED) is 0.917. The highest BCUT2D eigenvalue weighted by Crippen LogP contribution is 2.30. The molecule has 2 aromatic carbocycles. The maximum Gasteiger partial charge on any atom is 0.238 e. The smallest absolute Gasteiger partial charge is 0.225 e. The third kappa shape index (κ3) is 3.26. The summed E-state index contributed by atoms with van der Waals surface area (Å²) < 4.78 is 23.5. The average molecular weight is 289 g/mol. The van der Waals surface area contributed by atoms with Crippen molar-refractivity contribution >= 4 is 10.0 Å². The van der Waals surface area contributed by atoms with Gasteiger partial charge in [0.25, 0.3) is 0 Å². The van der Waals surface area contributed by atoms with Crippen LogP contribution < -0.4 is 5.14 Å². The Morgan fingerprint density at radius 1 is 0.950 bits per heavy atom. The fourth-order valence-electron chi connectivity index (χ4n) is 2.31. The zero-order valence-electron chi connectivity index (χ0n) is 11.5. The first-order valence-electron chi connectivity index (χ1n) is 6.74. The van der Waals surface area contributed by atoms with Crippen LogP contribution in [0.1, 0.15) is 25.3 Å². The van der Waals surface area contributed by atoms with Gasteiger partial charge in [0.1, 0.15) is 0 Å². The molecule has 20 heavy (non-hydrogen) atoms. The van der Waals surface area contributed by atoms with Crippen LogP contribution >= 0.6 is 0 Å². The molecule has 0 aliphatic carbocycles. The number of unbranched alkanes of at least 4 members (excludes halogenated alkanes) is 1. The Morgan fingerprint density at radius 2 is 1.55 bits per heavy atom. The lowest BCUT2D eigenvalue weighted by molar-refractivity contribution is 0.598. The molecule has 0 atom stereocenters. The molecule has 0 bridgehead atoms. The number of benzene rings is 2. The van der Waals surface area contributed by atoms with Crippen LogP contribution in [0.25, 0.3) is 11.1 Å². The number of aryl methyl sites for hydroxylation is 1. The molecule has 2 rings (SSSR count). The molecule has 0 aliphatic heterocycles. The maximum atomic E-state index is 11.7. The molecule has 0 spiro atoms. The lowest BCUT2D eigenvalue weighted by Crippen LogP contribution is -2.13. The maximum absolute atomic E-state index is 11.7. The summed E-state index contributed by atoms with van der Waals surface area (Å²) in [7, 11) is -3.72. The highest BCUT2D eigenvalue weighted by molar-refractivity contribution is 7.89. The number of primary sulfonamides is 1. The predicted octanol–water partition coefficient (Wildman–Crippen LogP) is 3.34. The topological polar surface area (TPSA) is 60.2 Å². The summed E-state index contributed by atoms with van der Waals surface area (Å²) in [5.41, 5.74) is 2.79. The van der Waals surface area contributed by atoms with E-state index in [0.29, 0.717) is 5.56 Å². The molecule has 4 heteroatoms. The van der Waals surface area contributed by atoms with E-state index >= 15 is 0 Å². The molecule has 2 N–H and O–H groups in total. The highest BCUT2D eigenvalue weighted by atomic mass is 32.2. The molecule has 2 aromatic rings. The zero-order chi connectivity index (χ0) is 14.6. The van der Waals surface area contributed by atoms with Crippen LogP contribution in [0.2, 0.25) is 0 Å². The second kappa shape index (κ2) is 6.20. The Balaban J connectivity index is 2.58. The number of hydrogen-bond acceptors (Lipinski definition) is 2. The Kier molecular flexibility index (Phi) is 4.57. The SMILES string of the molecule is CCCCc1ccccc1-c1ccccc1S(N)(=O)=O. The van der Waals surface area contributed by atoms with E-state index in [0.717, 1.165) is 30.4 Å². The van der Waals surface area contributed by atoms with Crippen LogP contribution in [-0.2, 0) is 16.4 Å². The van der Waals surface area contributed by atoms with Gasteiger partial charge in [0, 0.05) is 5.56 Å². The Hall–Kier alpha value is -1.65. The summed E-state index contributed by atoms with van der Waals surface area (Å²) in [5.74, 6) is 0. The molecular weight excluding hydrogens is 270 g/mol. The molecule has 0 amide bonds. The molecule has 3 nitrogen and oxygen atoms in total. The fraction of sp³-hybridized carbons (Fsp3) is 0.250. The van der Waals surface area contributed by atoms with Crippen molar-refractivity contribution in [2.45, 2.75) is 31.1 Å². The Bertz CT molecular complexity index is 693. The van der Waals surface area contributed by atoms with E-state index in [9.17, 15) is 8.42 Å². The lowest BCUT2D eigenvalue weighted by atomic mass is 9.96. The van der Waals surface area contributed by atoms with Gasteiger partial charge < -0.3 is 0 Å². The van der Waals surface area contributed by atoms with E-state index in [-0.39, 0.29) is 4.90 Å². The van der Waals surface area contributed by atoms with E-state index in [4.69, 9.17) is 5.14 Å². The standard InChI is InChI=1S/C16H19NO2S/c1-2-3-8-13-9-4-5-10-14(13)15-11-6-7-12-16(15)20(17,18)19/h4-7,9-12H,2-3,8H2,1H3,(H2,17,18,19). The van der Waals surface area contributed by atoms with Gasteiger partial charge in [-0.05, 0) is 30.0 Å². The second-order valence-corrected chi connectivity index (χ2v) is 6.33. The van der Waals surface area contributed by atoms with E-state index in [2.05, 4.69) is 6.92 Å². The van der Waals surface area contributed by atoms with Crippen molar-refractivity contribution in [3.8, 4) is 11.1 Å². The van der Waals surface area contributed by atoms with Crippen molar-refractivity contribution in [1.82, 2.24) is 0 Å². The fourth-order valence-corrected chi connectivity index (χ4v) is 3.06. The van der Waals surface area contributed by atoms with Gasteiger partial charge >= 0.3 is 0 Å². The summed E-state index contributed by atoms with van der Waals surface area (Å²) in [6, 6.07) is 14.8. The molecule has 0 heterocycles. The van der Waals surface area contributed by atoms with Gasteiger partial charge in [-0.15, -0.1) is 0 Å². The third-order valence-corrected chi connectivity index (χ3v) is 4.27. The lowest BCUT2D eigenvalue weighted by Gasteiger charge is -2.12. The number of hydrogen-bond donors (Lipinski definition) is 1. The summed E-state index contributed by atoms with van der Waals surface area (Å²) in [5, 5.41) is 5.32. The molecule has 0 fully saturated rings. The molecule has 0 unspecified atom stereocenters. The normalized spacial score (nSPS) is 11.5. The van der Waals surface area contributed by atoms with Gasteiger partial charge in [0.2, 0.25) is 10.0 Å². The van der Waals surface area contributed by atoms with Crippen molar-refractivity contribution in [3.63, 3.8) is 0 Å². The van der Waals surface area contributed by atoms with Gasteiger partial charge in [0.05, 0.1) is 4.90 Å². The highest BCUT2D eigenvalue weighted by Gasteiger charge is 2.16. The van der Waals surface area contributed by atoms with Gasteiger partial charge in [-0.1, -0.05) is 55.8 Å². The Labute approximate surface area is 120 Å². The van der Waals surface area contributed by atoms with Crippen molar-refractivity contribution in [2.75, 3.05) is 0 Å². The van der Waals surface area contributed by atoms with Crippen molar-refractivity contribution < 1.29 is 8.42 Å². The first-order chi connectivity index (χ1) is 9.54. The predicted molar refractivity (Wildman–Crippen MR) is 81.9 cm³/mol. The minimum Gasteiger partial charge on any atom is -0.225 e. The van der Waals surface area contributed by atoms with Gasteiger partial charge in [-0.3, -0.25) is 0 Å². The molecule has 0 saturated heterocycles. The minimum atomic E-state index is -3.72. The number of nitrogens with two attached hydrogens (primary N) is 1. The van der Waals surface area contributed by atoms with Gasteiger partial charge in [-0.25, -0.2) is 13.6 Å². The molecule has 0 saturated carbocycles. The third-order valence-electron chi connectivity index (χ3n) is 3.30. The zero-order valence-corrected chi connectivity index (χ0v) is 12.4.